The van der Waals surface area contributed by atoms with Gasteiger partial charge in [0.25, 0.3) is 0 Å². The molecule has 10 heavy (non-hydrogen) atoms. The van der Waals surface area contributed by atoms with Gasteiger partial charge in [0, 0.05) is 0 Å². The molecule has 2 fully saturated rings. The molecule has 0 N–H and O–H groups in total. The molecule has 2 aliphatic carbocycles. The number of rotatable bonds is 1. The van der Waals surface area contributed by atoms with E-state index in [0.29, 0.717) is 0 Å². The zero-order chi connectivity index (χ0) is 7.03. The summed E-state index contributed by atoms with van der Waals surface area (Å²) in [5, 5.41) is 0. The van der Waals surface area contributed by atoms with E-state index in [2.05, 4.69) is 6.92 Å². The fourth-order valence-electron chi connectivity index (χ4n) is 2.37. The highest BCUT2D eigenvalue weighted by Gasteiger charge is 2.44. The van der Waals surface area contributed by atoms with Crippen LogP contribution in [-0.2, 0) is 0 Å². The highest BCUT2D eigenvalue weighted by molar-refractivity contribution is 4.95. The van der Waals surface area contributed by atoms with Crippen molar-refractivity contribution in [1.29, 1.82) is 0 Å². The second-order valence-corrected chi connectivity index (χ2v) is 4.35. The average Bonchev–Trinajstić information content (AvgIpc) is 2.72. The van der Waals surface area contributed by atoms with Crippen molar-refractivity contribution < 1.29 is 0 Å². The summed E-state index contributed by atoms with van der Waals surface area (Å²) in [7, 11) is 0. The number of hydrogen-bond donors (Lipinski definition) is 0. The largest absolute Gasteiger partial charge is 0.0651 e. The topological polar surface area (TPSA) is 0 Å². The van der Waals surface area contributed by atoms with E-state index in [4.69, 9.17) is 0 Å². The zero-order valence-corrected chi connectivity index (χ0v) is 7.03. The summed E-state index contributed by atoms with van der Waals surface area (Å²) in [6.07, 6.45) is 10.7. The van der Waals surface area contributed by atoms with E-state index >= 15 is 0 Å². The maximum atomic E-state index is 2.34. The van der Waals surface area contributed by atoms with Crippen molar-refractivity contribution in [3.05, 3.63) is 0 Å². The maximum absolute atomic E-state index is 2.34. The predicted octanol–water partition coefficient (Wildman–Crippen LogP) is 3.37. The molecule has 0 aromatic carbocycles. The Morgan fingerprint density at radius 3 is 2.10 bits per heavy atom. The van der Waals surface area contributed by atoms with Gasteiger partial charge in [-0.05, 0) is 49.9 Å². The lowest BCUT2D eigenvalue weighted by Gasteiger charge is -2.27. The van der Waals surface area contributed by atoms with Gasteiger partial charge in [0.1, 0.15) is 0 Å². The highest BCUT2D eigenvalue weighted by atomic mass is 14.5. The van der Waals surface area contributed by atoms with E-state index in [0.717, 1.165) is 11.3 Å². The molecule has 0 heterocycles. The molecular weight excluding hydrogens is 120 g/mol. The Balaban J connectivity index is 1.84. The van der Waals surface area contributed by atoms with Crippen molar-refractivity contribution in [1.82, 2.24) is 0 Å². The van der Waals surface area contributed by atoms with Gasteiger partial charge in [-0.3, -0.25) is 0 Å². The van der Waals surface area contributed by atoms with Crippen LogP contribution in [0.2, 0.25) is 0 Å². The summed E-state index contributed by atoms with van der Waals surface area (Å²) in [4.78, 5) is 0. The van der Waals surface area contributed by atoms with Crippen LogP contribution in [0.5, 0.6) is 0 Å². The standard InChI is InChI=1S/C10H18/c1-2-9-3-5-10(6-4-9)7-8-10/h9H,2-8H2,1H3. The average molecular weight is 138 g/mol. The predicted molar refractivity (Wildman–Crippen MR) is 43.9 cm³/mol. The summed E-state index contributed by atoms with van der Waals surface area (Å²) in [6.45, 7) is 2.34. The van der Waals surface area contributed by atoms with Gasteiger partial charge >= 0.3 is 0 Å². The molecule has 0 aromatic rings. The molecule has 0 aliphatic heterocycles. The van der Waals surface area contributed by atoms with Gasteiger partial charge in [0.05, 0.1) is 0 Å². The third-order valence-corrected chi connectivity index (χ3v) is 3.70. The fraction of sp³-hybridized carbons (Fsp3) is 1.00. The summed E-state index contributed by atoms with van der Waals surface area (Å²) in [5.74, 6) is 1.09. The minimum atomic E-state index is 0.908. The maximum Gasteiger partial charge on any atom is -0.0297 e. The van der Waals surface area contributed by atoms with Crippen molar-refractivity contribution in [2.45, 2.75) is 51.9 Å². The molecule has 0 bridgehead atoms. The smallest absolute Gasteiger partial charge is 0.0297 e. The summed E-state index contributed by atoms with van der Waals surface area (Å²) in [5.41, 5.74) is 0.908. The zero-order valence-electron chi connectivity index (χ0n) is 7.03. The fourth-order valence-corrected chi connectivity index (χ4v) is 2.37. The van der Waals surface area contributed by atoms with Gasteiger partial charge in [-0.2, -0.15) is 0 Å². The minimum Gasteiger partial charge on any atom is -0.0651 e. The van der Waals surface area contributed by atoms with Crippen molar-refractivity contribution in [3.63, 3.8) is 0 Å². The number of hydrogen-bond acceptors (Lipinski definition) is 0. The van der Waals surface area contributed by atoms with E-state index in [1.807, 2.05) is 0 Å². The van der Waals surface area contributed by atoms with Crippen LogP contribution >= 0.6 is 0 Å². The Hall–Kier alpha value is 0. The third-order valence-electron chi connectivity index (χ3n) is 3.70. The molecule has 0 saturated heterocycles. The molecule has 0 atom stereocenters. The van der Waals surface area contributed by atoms with Gasteiger partial charge < -0.3 is 0 Å². The first kappa shape index (κ1) is 6.69. The van der Waals surface area contributed by atoms with Gasteiger partial charge in [0.15, 0.2) is 0 Å². The van der Waals surface area contributed by atoms with Gasteiger partial charge in [-0.25, -0.2) is 0 Å². The van der Waals surface area contributed by atoms with E-state index in [1.54, 1.807) is 25.7 Å². The lowest BCUT2D eigenvalue weighted by molar-refractivity contribution is 0.252. The molecule has 0 unspecified atom stereocenters. The molecule has 2 saturated carbocycles. The van der Waals surface area contributed by atoms with Crippen molar-refractivity contribution >= 4 is 0 Å². The monoisotopic (exact) mass is 138 g/mol. The van der Waals surface area contributed by atoms with E-state index in [1.165, 1.54) is 19.3 Å². The quantitative estimate of drug-likeness (QED) is 0.521. The molecular formula is C10H18. The summed E-state index contributed by atoms with van der Waals surface area (Å²) in [6, 6.07) is 0. The SMILES string of the molecule is CCC1CCC2(CC1)CC2. The third kappa shape index (κ3) is 1.09. The van der Waals surface area contributed by atoms with Crippen LogP contribution in [0.1, 0.15) is 51.9 Å². The van der Waals surface area contributed by atoms with Crippen LogP contribution in [0, 0.1) is 11.3 Å². The molecule has 1 spiro atoms. The van der Waals surface area contributed by atoms with E-state index in [9.17, 15) is 0 Å². The summed E-state index contributed by atoms with van der Waals surface area (Å²) < 4.78 is 0. The molecule has 0 radical (unpaired) electrons. The van der Waals surface area contributed by atoms with Crippen LogP contribution in [-0.4, -0.2) is 0 Å². The molecule has 58 valence electrons. The van der Waals surface area contributed by atoms with Crippen molar-refractivity contribution in [3.8, 4) is 0 Å². The first-order chi connectivity index (χ1) is 4.85. The molecule has 0 aromatic heterocycles. The Morgan fingerprint density at radius 1 is 1.10 bits per heavy atom. The van der Waals surface area contributed by atoms with Crippen molar-refractivity contribution in [2.24, 2.45) is 11.3 Å². The Labute approximate surface area is 64.0 Å². The van der Waals surface area contributed by atoms with E-state index in [-0.39, 0.29) is 0 Å². The van der Waals surface area contributed by atoms with Crippen LogP contribution in [0.15, 0.2) is 0 Å². The Morgan fingerprint density at radius 2 is 1.70 bits per heavy atom. The lowest BCUT2D eigenvalue weighted by atomic mass is 9.79. The first-order valence-electron chi connectivity index (χ1n) is 4.85. The van der Waals surface area contributed by atoms with Gasteiger partial charge in [-0.1, -0.05) is 13.3 Å². The second kappa shape index (κ2) is 2.25. The van der Waals surface area contributed by atoms with E-state index < -0.39 is 0 Å². The molecule has 0 nitrogen and oxygen atoms in total. The molecule has 2 aliphatic rings. The Kier molecular flexibility index (Phi) is 1.51. The molecule has 0 amide bonds. The normalized spacial score (nSPS) is 30.9. The lowest BCUT2D eigenvalue weighted by Crippen LogP contribution is -2.14. The highest BCUT2D eigenvalue weighted by Crippen LogP contribution is 2.57. The van der Waals surface area contributed by atoms with Crippen LogP contribution in [0.4, 0.5) is 0 Å². The molecule has 0 heteroatoms. The van der Waals surface area contributed by atoms with Crippen LogP contribution in [0.3, 0.4) is 0 Å². The van der Waals surface area contributed by atoms with Crippen LogP contribution in [0.25, 0.3) is 0 Å². The Bertz CT molecular complexity index is 112. The molecule has 2 rings (SSSR count). The minimum absolute atomic E-state index is 0.908. The first-order valence-corrected chi connectivity index (χ1v) is 4.85. The van der Waals surface area contributed by atoms with Crippen molar-refractivity contribution in [2.75, 3.05) is 0 Å². The van der Waals surface area contributed by atoms with Gasteiger partial charge in [-0.15, -0.1) is 0 Å². The van der Waals surface area contributed by atoms with Gasteiger partial charge in [0.2, 0.25) is 0 Å². The van der Waals surface area contributed by atoms with Crippen LogP contribution < -0.4 is 0 Å². The summed E-state index contributed by atoms with van der Waals surface area (Å²) >= 11 is 0. The second-order valence-electron chi connectivity index (χ2n) is 4.35.